The van der Waals surface area contributed by atoms with Gasteiger partial charge in [-0.25, -0.2) is 0 Å². The molecule has 2 heteroatoms. The van der Waals surface area contributed by atoms with Crippen molar-refractivity contribution < 1.29 is 4.74 Å². The van der Waals surface area contributed by atoms with Crippen molar-refractivity contribution in [2.45, 2.75) is 52.9 Å². The fraction of sp³-hybridized carbons (Fsp3) is 0.647. The first-order valence-electron chi connectivity index (χ1n) is 7.35. The first-order chi connectivity index (χ1) is 8.95. The van der Waals surface area contributed by atoms with Crippen molar-refractivity contribution in [2.24, 2.45) is 11.8 Å². The minimum Gasteiger partial charge on any atom is -0.375 e. The largest absolute Gasteiger partial charge is 0.375 e. The Hall–Kier alpha value is -0.860. The Morgan fingerprint density at radius 1 is 1.11 bits per heavy atom. The second kappa shape index (κ2) is 5.64. The number of aryl methyl sites for hydroxylation is 2. The highest BCUT2D eigenvalue weighted by molar-refractivity contribution is 5.34. The average Bonchev–Trinajstić information content (AvgIpc) is 2.61. The molecule has 1 heterocycles. The molecule has 2 rings (SSSR count). The normalized spacial score (nSPS) is 32.5. The van der Waals surface area contributed by atoms with Crippen LogP contribution in [0.5, 0.6) is 0 Å². The van der Waals surface area contributed by atoms with Gasteiger partial charge in [0.05, 0.1) is 12.2 Å². The van der Waals surface area contributed by atoms with E-state index in [0.717, 1.165) is 0 Å². The molecule has 106 valence electrons. The summed E-state index contributed by atoms with van der Waals surface area (Å²) >= 11 is 0. The van der Waals surface area contributed by atoms with Crippen molar-refractivity contribution in [2.75, 3.05) is 7.05 Å². The SMILES string of the molecule is CNC(c1cc(C)ccc1C)C1C(C)OC(C)C1C. The number of hydrogen-bond donors (Lipinski definition) is 1. The van der Waals surface area contributed by atoms with Crippen molar-refractivity contribution in [3.8, 4) is 0 Å². The van der Waals surface area contributed by atoms with Gasteiger partial charge in [0.2, 0.25) is 0 Å². The lowest BCUT2D eigenvalue weighted by Crippen LogP contribution is -2.33. The molecule has 1 aromatic rings. The lowest BCUT2D eigenvalue weighted by molar-refractivity contribution is 0.0478. The van der Waals surface area contributed by atoms with E-state index in [1.54, 1.807) is 0 Å². The van der Waals surface area contributed by atoms with Crippen LogP contribution in [0, 0.1) is 25.7 Å². The summed E-state index contributed by atoms with van der Waals surface area (Å²) in [5.74, 6) is 1.10. The van der Waals surface area contributed by atoms with E-state index in [1.807, 2.05) is 0 Å². The molecular formula is C17H27NO. The van der Waals surface area contributed by atoms with Gasteiger partial charge in [-0.3, -0.25) is 0 Å². The first-order valence-corrected chi connectivity index (χ1v) is 7.35. The molecule has 1 aromatic carbocycles. The molecule has 1 N–H and O–H groups in total. The third-order valence-electron chi connectivity index (χ3n) is 4.78. The van der Waals surface area contributed by atoms with E-state index in [9.17, 15) is 0 Å². The predicted octanol–water partition coefficient (Wildman–Crippen LogP) is 3.62. The summed E-state index contributed by atoms with van der Waals surface area (Å²) in [6.07, 6.45) is 0.656. The summed E-state index contributed by atoms with van der Waals surface area (Å²) in [4.78, 5) is 0. The maximum atomic E-state index is 6.02. The zero-order valence-corrected chi connectivity index (χ0v) is 13.0. The Kier molecular flexibility index (Phi) is 4.32. The minimum atomic E-state index is 0.308. The maximum Gasteiger partial charge on any atom is 0.0600 e. The molecule has 0 aliphatic carbocycles. The van der Waals surface area contributed by atoms with Crippen LogP contribution in [0.3, 0.4) is 0 Å². The molecule has 5 atom stereocenters. The lowest BCUT2D eigenvalue weighted by Gasteiger charge is -2.30. The maximum absolute atomic E-state index is 6.02. The molecule has 0 aromatic heterocycles. The van der Waals surface area contributed by atoms with Crippen molar-refractivity contribution in [1.29, 1.82) is 0 Å². The fourth-order valence-corrected chi connectivity index (χ4v) is 3.52. The molecule has 1 saturated heterocycles. The Labute approximate surface area is 117 Å². The van der Waals surface area contributed by atoms with Gasteiger partial charge in [-0.15, -0.1) is 0 Å². The Morgan fingerprint density at radius 3 is 2.32 bits per heavy atom. The topological polar surface area (TPSA) is 21.3 Å². The van der Waals surface area contributed by atoms with Crippen LogP contribution in [0.15, 0.2) is 18.2 Å². The molecule has 0 bridgehead atoms. The predicted molar refractivity (Wildman–Crippen MR) is 80.4 cm³/mol. The summed E-state index contributed by atoms with van der Waals surface area (Å²) in [6.45, 7) is 11.1. The molecule has 0 radical (unpaired) electrons. The third-order valence-corrected chi connectivity index (χ3v) is 4.78. The third kappa shape index (κ3) is 2.70. The summed E-state index contributed by atoms with van der Waals surface area (Å²) in [6, 6.07) is 7.10. The number of nitrogens with one attached hydrogen (secondary N) is 1. The van der Waals surface area contributed by atoms with Gasteiger partial charge in [-0.2, -0.15) is 0 Å². The van der Waals surface area contributed by atoms with Crippen LogP contribution in [0.25, 0.3) is 0 Å². The summed E-state index contributed by atoms with van der Waals surface area (Å²) < 4.78 is 6.02. The second-order valence-corrected chi connectivity index (χ2v) is 6.11. The van der Waals surface area contributed by atoms with Crippen molar-refractivity contribution in [1.82, 2.24) is 5.32 Å². The van der Waals surface area contributed by atoms with Crippen molar-refractivity contribution in [3.05, 3.63) is 34.9 Å². The van der Waals surface area contributed by atoms with Crippen LogP contribution in [0.2, 0.25) is 0 Å². The molecular weight excluding hydrogens is 234 g/mol. The highest BCUT2D eigenvalue weighted by Gasteiger charge is 2.41. The second-order valence-electron chi connectivity index (χ2n) is 6.11. The minimum absolute atomic E-state index is 0.308. The lowest BCUT2D eigenvalue weighted by atomic mass is 9.79. The molecule has 0 amide bonds. The smallest absolute Gasteiger partial charge is 0.0600 e. The standard InChI is InChI=1S/C17H27NO/c1-10-7-8-11(2)15(9-10)17(18-6)16-12(3)13(4)19-14(16)5/h7-9,12-14,16-18H,1-6H3. The average molecular weight is 261 g/mol. The number of hydrogen-bond acceptors (Lipinski definition) is 2. The van der Waals surface area contributed by atoms with E-state index >= 15 is 0 Å². The van der Waals surface area contributed by atoms with Gasteiger partial charge in [0.15, 0.2) is 0 Å². The van der Waals surface area contributed by atoms with Gasteiger partial charge in [0, 0.05) is 12.0 Å². The Balaban J connectivity index is 2.37. The van der Waals surface area contributed by atoms with Gasteiger partial charge in [0.1, 0.15) is 0 Å². The summed E-state index contributed by atoms with van der Waals surface area (Å²) in [5, 5.41) is 3.53. The Bertz CT molecular complexity index is 443. The van der Waals surface area contributed by atoms with Crippen LogP contribution < -0.4 is 5.32 Å². The summed E-state index contributed by atoms with van der Waals surface area (Å²) in [5.41, 5.74) is 4.11. The highest BCUT2D eigenvalue weighted by atomic mass is 16.5. The van der Waals surface area contributed by atoms with E-state index in [1.165, 1.54) is 16.7 Å². The zero-order valence-electron chi connectivity index (χ0n) is 13.0. The van der Waals surface area contributed by atoms with E-state index in [-0.39, 0.29) is 0 Å². The summed E-state index contributed by atoms with van der Waals surface area (Å²) in [7, 11) is 2.06. The molecule has 0 saturated carbocycles. The van der Waals surface area contributed by atoms with Gasteiger partial charge in [0.25, 0.3) is 0 Å². The number of ether oxygens (including phenoxy) is 1. The molecule has 5 unspecified atom stereocenters. The van der Waals surface area contributed by atoms with Gasteiger partial charge in [-0.1, -0.05) is 30.7 Å². The molecule has 1 aliphatic rings. The van der Waals surface area contributed by atoms with Gasteiger partial charge in [-0.05, 0) is 51.8 Å². The number of benzene rings is 1. The Morgan fingerprint density at radius 2 is 1.79 bits per heavy atom. The van der Waals surface area contributed by atoms with E-state index in [2.05, 4.69) is 65.2 Å². The van der Waals surface area contributed by atoms with E-state index in [0.29, 0.717) is 30.1 Å². The van der Waals surface area contributed by atoms with Crippen LogP contribution in [-0.2, 0) is 4.74 Å². The zero-order chi connectivity index (χ0) is 14.2. The quantitative estimate of drug-likeness (QED) is 0.897. The number of rotatable bonds is 3. The van der Waals surface area contributed by atoms with Crippen molar-refractivity contribution >= 4 is 0 Å². The monoisotopic (exact) mass is 261 g/mol. The van der Waals surface area contributed by atoms with Crippen LogP contribution >= 0.6 is 0 Å². The van der Waals surface area contributed by atoms with Crippen molar-refractivity contribution in [3.63, 3.8) is 0 Å². The van der Waals surface area contributed by atoms with Gasteiger partial charge < -0.3 is 10.1 Å². The molecule has 19 heavy (non-hydrogen) atoms. The first kappa shape index (κ1) is 14.5. The van der Waals surface area contributed by atoms with Crippen LogP contribution in [0.4, 0.5) is 0 Å². The molecule has 0 spiro atoms. The van der Waals surface area contributed by atoms with Crippen LogP contribution in [-0.4, -0.2) is 19.3 Å². The molecule has 1 aliphatic heterocycles. The van der Waals surface area contributed by atoms with E-state index < -0.39 is 0 Å². The molecule has 1 fully saturated rings. The van der Waals surface area contributed by atoms with Crippen LogP contribution in [0.1, 0.15) is 43.5 Å². The fourth-order valence-electron chi connectivity index (χ4n) is 3.52. The molecule has 2 nitrogen and oxygen atoms in total. The van der Waals surface area contributed by atoms with Gasteiger partial charge >= 0.3 is 0 Å². The highest BCUT2D eigenvalue weighted by Crippen LogP contribution is 2.41. The van der Waals surface area contributed by atoms with E-state index in [4.69, 9.17) is 4.74 Å².